The van der Waals surface area contributed by atoms with E-state index in [9.17, 15) is 18.0 Å². The van der Waals surface area contributed by atoms with Crippen molar-refractivity contribution in [3.63, 3.8) is 0 Å². The van der Waals surface area contributed by atoms with Gasteiger partial charge in [0, 0.05) is 17.5 Å². The number of hydrogen-bond donors (Lipinski definition) is 0. The van der Waals surface area contributed by atoms with E-state index >= 15 is 0 Å². The maximum Gasteiger partial charge on any atom is 0.267 e. The molecule has 1 aliphatic carbocycles. The van der Waals surface area contributed by atoms with Crippen LogP contribution in [0, 0.1) is 0 Å². The van der Waals surface area contributed by atoms with Gasteiger partial charge in [-0.15, -0.1) is 11.3 Å². The highest BCUT2D eigenvalue weighted by molar-refractivity contribution is 7.99. The Bertz CT molecular complexity index is 1480. The van der Waals surface area contributed by atoms with Crippen molar-refractivity contribution in [3.05, 3.63) is 45.1 Å². The number of aromatic nitrogens is 2. The highest BCUT2D eigenvalue weighted by atomic mass is 32.2. The molecule has 1 aliphatic heterocycles. The molecule has 8 nitrogen and oxygen atoms in total. The van der Waals surface area contributed by atoms with Gasteiger partial charge < -0.3 is 9.64 Å². The molecule has 0 radical (unpaired) electrons. The van der Waals surface area contributed by atoms with Gasteiger partial charge in [0.25, 0.3) is 5.56 Å². The van der Waals surface area contributed by atoms with Gasteiger partial charge in [-0.2, -0.15) is 0 Å². The van der Waals surface area contributed by atoms with Gasteiger partial charge >= 0.3 is 0 Å². The molecule has 0 saturated carbocycles. The van der Waals surface area contributed by atoms with Crippen LogP contribution in [0.5, 0.6) is 5.75 Å². The van der Waals surface area contributed by atoms with Crippen LogP contribution in [0.4, 0.5) is 0 Å². The Labute approximate surface area is 225 Å². The van der Waals surface area contributed by atoms with Gasteiger partial charge in [0.05, 0.1) is 34.9 Å². The highest BCUT2D eigenvalue weighted by Crippen LogP contribution is 2.35. The third-order valence-corrected chi connectivity index (χ3v) is 10.9. The quantitative estimate of drug-likeness (QED) is 0.304. The smallest absolute Gasteiger partial charge is 0.267 e. The summed E-state index contributed by atoms with van der Waals surface area (Å²) in [5.74, 6) is 0.778. The first-order valence-electron chi connectivity index (χ1n) is 12.7. The standard InChI is InChI=1S/C26H31N3O5S3/c1-3-28(18-13-14-37(32,33)16-18)22(30)15-35-26-27-24-23(20-7-5-6-8-21(20)36-24)25(31)29(26)17-9-11-19(12-10-17)34-4-2/h9-12,18H,3-8,13-16H2,1-2H3. The van der Waals surface area contributed by atoms with Crippen molar-refractivity contribution in [1.82, 2.24) is 14.5 Å². The Hall–Kier alpha value is -2.37. The summed E-state index contributed by atoms with van der Waals surface area (Å²) in [4.78, 5) is 35.6. The molecule has 0 N–H and O–H groups in total. The highest BCUT2D eigenvalue weighted by Gasteiger charge is 2.34. The molecule has 1 saturated heterocycles. The molecule has 0 bridgehead atoms. The number of benzene rings is 1. The molecular formula is C26H31N3O5S3. The Morgan fingerprint density at radius 1 is 1.22 bits per heavy atom. The summed E-state index contributed by atoms with van der Waals surface area (Å²) in [7, 11) is -3.10. The average molecular weight is 562 g/mol. The fourth-order valence-electron chi connectivity index (χ4n) is 5.24. The molecule has 11 heteroatoms. The van der Waals surface area contributed by atoms with Crippen LogP contribution in [0.15, 0.2) is 34.2 Å². The van der Waals surface area contributed by atoms with Crippen LogP contribution in [-0.4, -0.2) is 65.2 Å². The summed E-state index contributed by atoms with van der Waals surface area (Å²) in [6, 6.07) is 7.05. The number of thioether (sulfide) groups is 1. The second-order valence-electron chi connectivity index (χ2n) is 9.38. The number of thiophene rings is 1. The average Bonchev–Trinajstić information content (AvgIpc) is 3.43. The lowest BCUT2D eigenvalue weighted by atomic mass is 9.97. The lowest BCUT2D eigenvalue weighted by molar-refractivity contribution is -0.129. The molecule has 2 aliphatic rings. The van der Waals surface area contributed by atoms with E-state index in [0.717, 1.165) is 41.8 Å². The summed E-state index contributed by atoms with van der Waals surface area (Å²) in [6.07, 6.45) is 4.50. The minimum atomic E-state index is -3.10. The topological polar surface area (TPSA) is 98.6 Å². The van der Waals surface area contributed by atoms with Crippen molar-refractivity contribution in [2.45, 2.75) is 57.1 Å². The summed E-state index contributed by atoms with van der Waals surface area (Å²) in [6.45, 7) is 4.77. The maximum atomic E-state index is 13.9. The normalized spacial score (nSPS) is 18.6. The largest absolute Gasteiger partial charge is 0.494 e. The number of hydrogen-bond acceptors (Lipinski definition) is 8. The van der Waals surface area contributed by atoms with Crippen molar-refractivity contribution in [2.75, 3.05) is 30.4 Å². The van der Waals surface area contributed by atoms with Gasteiger partial charge in [0.1, 0.15) is 10.6 Å². The number of carbonyl (C=O) groups is 1. The van der Waals surface area contributed by atoms with Crippen LogP contribution in [-0.2, 0) is 27.5 Å². The van der Waals surface area contributed by atoms with Crippen molar-refractivity contribution in [2.24, 2.45) is 0 Å². The van der Waals surface area contributed by atoms with Crippen LogP contribution < -0.4 is 10.3 Å². The summed E-state index contributed by atoms with van der Waals surface area (Å²) < 4.78 is 31.1. The fourth-order valence-corrected chi connectivity index (χ4v) is 9.17. The van der Waals surface area contributed by atoms with Gasteiger partial charge in [-0.25, -0.2) is 13.4 Å². The Kier molecular flexibility index (Phi) is 7.65. The molecule has 3 heterocycles. The van der Waals surface area contributed by atoms with Crippen LogP contribution in [0.2, 0.25) is 0 Å². The van der Waals surface area contributed by atoms with Crippen molar-refractivity contribution in [3.8, 4) is 11.4 Å². The molecule has 0 spiro atoms. The minimum Gasteiger partial charge on any atom is -0.494 e. The van der Waals surface area contributed by atoms with Crippen LogP contribution in [0.25, 0.3) is 15.9 Å². The Morgan fingerprint density at radius 2 is 1.97 bits per heavy atom. The van der Waals surface area contributed by atoms with Gasteiger partial charge in [-0.05, 0) is 75.8 Å². The van der Waals surface area contributed by atoms with Crippen molar-refractivity contribution >= 4 is 49.1 Å². The van der Waals surface area contributed by atoms with E-state index in [0.29, 0.717) is 35.8 Å². The first-order valence-corrected chi connectivity index (χ1v) is 16.4. The second-order valence-corrected chi connectivity index (χ2v) is 13.6. The molecular weight excluding hydrogens is 531 g/mol. The fraction of sp³-hybridized carbons (Fsp3) is 0.500. The van der Waals surface area contributed by atoms with E-state index in [4.69, 9.17) is 9.72 Å². The molecule has 3 aromatic rings. The zero-order chi connectivity index (χ0) is 26.2. The van der Waals surface area contributed by atoms with E-state index < -0.39 is 9.84 Å². The van der Waals surface area contributed by atoms with Crippen molar-refractivity contribution < 1.29 is 17.9 Å². The van der Waals surface area contributed by atoms with E-state index in [1.807, 2.05) is 38.1 Å². The Balaban J connectivity index is 1.50. The first-order chi connectivity index (χ1) is 17.8. The molecule has 1 atom stereocenters. The molecule has 1 amide bonds. The number of nitrogens with zero attached hydrogens (tertiary/aromatic N) is 3. The van der Waals surface area contributed by atoms with Gasteiger partial charge in [-0.1, -0.05) is 11.8 Å². The van der Waals surface area contributed by atoms with E-state index in [1.54, 1.807) is 20.8 Å². The van der Waals surface area contributed by atoms with Gasteiger partial charge in [0.15, 0.2) is 15.0 Å². The second kappa shape index (κ2) is 10.8. The molecule has 1 unspecified atom stereocenters. The predicted molar refractivity (Wildman–Crippen MR) is 148 cm³/mol. The Morgan fingerprint density at radius 3 is 2.65 bits per heavy atom. The predicted octanol–water partition coefficient (Wildman–Crippen LogP) is 3.85. The molecule has 198 valence electrons. The third-order valence-electron chi connectivity index (χ3n) is 7.00. The van der Waals surface area contributed by atoms with Crippen LogP contribution in [0.3, 0.4) is 0 Å². The molecule has 5 rings (SSSR count). The minimum absolute atomic E-state index is 0.0130. The number of aryl methyl sites for hydroxylation is 2. The lowest BCUT2D eigenvalue weighted by Crippen LogP contribution is -2.42. The van der Waals surface area contributed by atoms with E-state index in [2.05, 4.69) is 0 Å². The first kappa shape index (κ1) is 26.2. The number of carbonyl (C=O) groups excluding carboxylic acids is 1. The lowest BCUT2D eigenvalue weighted by Gasteiger charge is -2.26. The summed E-state index contributed by atoms with van der Waals surface area (Å²) >= 11 is 2.81. The van der Waals surface area contributed by atoms with Crippen LogP contribution >= 0.6 is 23.1 Å². The SMILES string of the molecule is CCOc1ccc(-n2c(SCC(=O)N(CC)C3CCS(=O)(=O)C3)nc3sc4c(c3c2=O)CCCC4)cc1. The summed E-state index contributed by atoms with van der Waals surface area (Å²) in [5, 5.41) is 1.15. The van der Waals surface area contributed by atoms with Gasteiger partial charge in [-0.3, -0.25) is 14.2 Å². The maximum absolute atomic E-state index is 13.9. The van der Waals surface area contributed by atoms with E-state index in [1.165, 1.54) is 16.6 Å². The van der Waals surface area contributed by atoms with Crippen LogP contribution in [0.1, 0.15) is 43.6 Å². The molecule has 1 fully saturated rings. The molecule has 37 heavy (non-hydrogen) atoms. The molecule has 2 aromatic heterocycles. The monoisotopic (exact) mass is 561 g/mol. The van der Waals surface area contributed by atoms with Gasteiger partial charge in [0.2, 0.25) is 5.91 Å². The summed E-state index contributed by atoms with van der Waals surface area (Å²) in [5.41, 5.74) is 1.68. The van der Waals surface area contributed by atoms with E-state index in [-0.39, 0.29) is 34.8 Å². The number of sulfone groups is 1. The number of rotatable bonds is 8. The number of amides is 1. The molecule has 1 aromatic carbocycles. The third kappa shape index (κ3) is 5.31. The zero-order valence-corrected chi connectivity index (χ0v) is 23.5. The number of fused-ring (bicyclic) bond motifs is 3. The van der Waals surface area contributed by atoms with Crippen molar-refractivity contribution in [1.29, 1.82) is 0 Å². The number of ether oxygens (including phenoxy) is 1. The zero-order valence-electron chi connectivity index (χ0n) is 21.1.